The summed E-state index contributed by atoms with van der Waals surface area (Å²) in [5.74, 6) is 0. The van der Waals surface area contributed by atoms with E-state index in [2.05, 4.69) is 53.9 Å². The highest BCUT2D eigenvalue weighted by Gasteiger charge is 2.59. The molecule has 0 amide bonds. The zero-order valence-corrected chi connectivity index (χ0v) is 23.5. The fraction of sp³-hybridized carbons (Fsp3) is 1.00. The topological polar surface area (TPSA) is 55.4 Å². The Morgan fingerprint density at radius 1 is 0.500 bits per heavy atom. The Morgan fingerprint density at radius 3 is 0.893 bits per heavy atom. The highest BCUT2D eigenvalue weighted by atomic mass is 28.5. The van der Waals surface area contributed by atoms with Crippen molar-refractivity contribution in [2.24, 2.45) is 0 Å². The summed E-state index contributed by atoms with van der Waals surface area (Å²) in [6, 6.07) is 0. The monoisotopic (exact) mass is 468 g/mol. The molecule has 6 nitrogen and oxygen atoms in total. The molecule has 0 aromatic heterocycles. The number of rotatable bonds is 12. The van der Waals surface area contributed by atoms with Crippen LogP contribution in [0.2, 0.25) is 37.5 Å². The van der Waals surface area contributed by atoms with Crippen molar-refractivity contribution >= 4 is 34.2 Å². The molecule has 1 saturated heterocycles. The van der Waals surface area contributed by atoms with E-state index >= 15 is 0 Å². The van der Waals surface area contributed by atoms with Crippen LogP contribution in [-0.2, 0) is 25.9 Å². The first-order chi connectivity index (χ1) is 13.1. The molecular weight excluding hydrogens is 425 g/mol. The molecule has 10 heteroatoms. The highest BCUT2D eigenvalue weighted by molar-refractivity contribution is 6.98. The van der Waals surface area contributed by atoms with Gasteiger partial charge in [0.15, 0.2) is 0 Å². The summed E-state index contributed by atoms with van der Waals surface area (Å²) in [5, 5.41) is 0. The normalized spacial score (nSPS) is 36.9. The second kappa shape index (κ2) is 11.9. The Balaban J connectivity index is 3.24. The van der Waals surface area contributed by atoms with Gasteiger partial charge in [-0.25, -0.2) is 0 Å². The average Bonchev–Trinajstić information content (AvgIpc) is 2.60. The van der Waals surface area contributed by atoms with Gasteiger partial charge < -0.3 is 25.9 Å². The summed E-state index contributed by atoms with van der Waals surface area (Å²) in [6.45, 7) is 20.1. The molecular formula is C18H44O6Si4. The molecule has 0 saturated carbocycles. The average molecular weight is 469 g/mol. The van der Waals surface area contributed by atoms with Crippen LogP contribution in [-0.4, -0.2) is 60.7 Å². The van der Waals surface area contributed by atoms with Crippen molar-refractivity contribution in [3.05, 3.63) is 0 Å². The summed E-state index contributed by atoms with van der Waals surface area (Å²) >= 11 is 0. The van der Waals surface area contributed by atoms with Gasteiger partial charge >= 0.3 is 34.2 Å². The van der Waals surface area contributed by atoms with E-state index in [4.69, 9.17) is 25.9 Å². The van der Waals surface area contributed by atoms with Crippen molar-refractivity contribution in [3.8, 4) is 0 Å². The molecule has 28 heavy (non-hydrogen) atoms. The first-order valence-corrected chi connectivity index (χ1v) is 21.1. The molecule has 1 aliphatic rings. The summed E-state index contributed by atoms with van der Waals surface area (Å²) < 4.78 is 39.3. The quantitative estimate of drug-likeness (QED) is 0.371. The van der Waals surface area contributed by atoms with Gasteiger partial charge in [-0.15, -0.1) is 0 Å². The molecule has 1 fully saturated rings. The Kier molecular flexibility index (Phi) is 11.3. The smallest absolute Gasteiger partial charge is 0.328 e. The van der Waals surface area contributed by atoms with E-state index in [0.717, 1.165) is 37.0 Å². The Morgan fingerprint density at radius 2 is 0.714 bits per heavy atom. The van der Waals surface area contributed by atoms with Gasteiger partial charge in [0.25, 0.3) is 0 Å². The van der Waals surface area contributed by atoms with Crippen LogP contribution in [0.3, 0.4) is 0 Å². The lowest BCUT2D eigenvalue weighted by Gasteiger charge is -2.47. The van der Waals surface area contributed by atoms with Crippen molar-refractivity contribution in [2.75, 3.05) is 26.4 Å². The maximum absolute atomic E-state index is 6.88. The lowest BCUT2D eigenvalue weighted by Crippen LogP contribution is -2.66. The summed E-state index contributed by atoms with van der Waals surface area (Å²) in [7, 11) is -9.96. The maximum Gasteiger partial charge on any atom is 0.328 e. The minimum atomic E-state index is -2.49. The van der Waals surface area contributed by atoms with Gasteiger partial charge in [0.2, 0.25) is 0 Å². The summed E-state index contributed by atoms with van der Waals surface area (Å²) in [6.07, 6.45) is 3.89. The first-order valence-electron chi connectivity index (χ1n) is 11.0. The van der Waals surface area contributed by atoms with E-state index in [-0.39, 0.29) is 0 Å². The van der Waals surface area contributed by atoms with E-state index in [1.807, 2.05) is 0 Å². The van der Waals surface area contributed by atoms with Crippen LogP contribution in [0.4, 0.5) is 0 Å². The Bertz CT molecular complexity index is 366. The molecule has 0 bridgehead atoms. The third-order valence-electron chi connectivity index (χ3n) is 4.59. The van der Waals surface area contributed by atoms with Crippen LogP contribution in [0.15, 0.2) is 0 Å². The third-order valence-corrected chi connectivity index (χ3v) is 25.0. The molecule has 4 unspecified atom stereocenters. The van der Waals surface area contributed by atoms with Crippen LogP contribution < -0.4 is 0 Å². The second-order valence-corrected chi connectivity index (χ2v) is 23.2. The standard InChI is InChI=1S/C18H44O6Si4/c1-9-13-19-25(5)17-26(6,20-14-10-2)24-28(8,22-16-12-4)18-27(7,23-25)21-15-11-3/h9-18H2,1-8H3. The molecule has 0 aromatic carbocycles. The van der Waals surface area contributed by atoms with Crippen molar-refractivity contribution in [1.82, 2.24) is 0 Å². The van der Waals surface area contributed by atoms with Crippen molar-refractivity contribution in [3.63, 3.8) is 0 Å². The van der Waals surface area contributed by atoms with E-state index in [1.54, 1.807) is 0 Å². The minimum absolute atomic E-state index is 0.709. The van der Waals surface area contributed by atoms with Gasteiger partial charge in [-0.05, 0) is 51.9 Å². The van der Waals surface area contributed by atoms with E-state index in [9.17, 15) is 0 Å². The fourth-order valence-electron chi connectivity index (χ4n) is 3.82. The van der Waals surface area contributed by atoms with Gasteiger partial charge in [0, 0.05) is 37.8 Å². The minimum Gasteiger partial charge on any atom is -0.415 e. The van der Waals surface area contributed by atoms with E-state index < -0.39 is 34.2 Å². The lowest BCUT2D eigenvalue weighted by atomic mass is 10.5. The molecule has 0 N–H and O–H groups in total. The lowest BCUT2D eigenvalue weighted by molar-refractivity contribution is 0.161. The van der Waals surface area contributed by atoms with Crippen molar-refractivity contribution < 1.29 is 25.9 Å². The SMILES string of the molecule is CCCO[Si]1(C)C[Si](C)(OCCC)O[Si](C)(OCCC)C[Si](C)(OCCC)O1. The molecule has 168 valence electrons. The Labute approximate surface area is 177 Å². The van der Waals surface area contributed by atoms with Crippen LogP contribution in [0, 0.1) is 0 Å². The fourth-order valence-corrected chi connectivity index (χ4v) is 29.3. The summed E-state index contributed by atoms with van der Waals surface area (Å²) in [4.78, 5) is 0. The van der Waals surface area contributed by atoms with Crippen LogP contribution in [0.1, 0.15) is 53.4 Å². The zero-order chi connectivity index (χ0) is 21.3. The number of hydrogen-bond donors (Lipinski definition) is 0. The van der Waals surface area contributed by atoms with Crippen molar-refractivity contribution in [2.45, 2.75) is 90.9 Å². The van der Waals surface area contributed by atoms with Gasteiger partial charge in [0.05, 0.1) is 0 Å². The van der Waals surface area contributed by atoms with Gasteiger partial charge in [0.1, 0.15) is 0 Å². The molecule has 4 atom stereocenters. The van der Waals surface area contributed by atoms with E-state index in [0.29, 0.717) is 26.4 Å². The molecule has 1 heterocycles. The molecule has 0 aliphatic carbocycles. The van der Waals surface area contributed by atoms with Gasteiger partial charge in [-0.2, -0.15) is 0 Å². The van der Waals surface area contributed by atoms with Crippen LogP contribution >= 0.6 is 0 Å². The van der Waals surface area contributed by atoms with E-state index in [1.165, 1.54) is 0 Å². The summed E-state index contributed by atoms with van der Waals surface area (Å²) in [5.41, 5.74) is 1.52. The molecule has 0 aromatic rings. The van der Waals surface area contributed by atoms with Gasteiger partial charge in [-0.1, -0.05) is 27.7 Å². The van der Waals surface area contributed by atoms with Gasteiger partial charge in [-0.3, -0.25) is 0 Å². The predicted molar refractivity (Wildman–Crippen MR) is 123 cm³/mol. The zero-order valence-electron chi connectivity index (χ0n) is 19.5. The molecule has 1 aliphatic heterocycles. The van der Waals surface area contributed by atoms with Crippen molar-refractivity contribution in [1.29, 1.82) is 0 Å². The molecule has 0 spiro atoms. The predicted octanol–water partition coefficient (Wildman–Crippen LogP) is 5.11. The third kappa shape index (κ3) is 8.78. The largest absolute Gasteiger partial charge is 0.415 e. The second-order valence-electron chi connectivity index (χ2n) is 8.49. The molecule has 0 radical (unpaired) electrons. The Hall–Kier alpha value is 0.628. The molecule has 1 rings (SSSR count). The van der Waals surface area contributed by atoms with Crippen LogP contribution in [0.25, 0.3) is 0 Å². The maximum atomic E-state index is 6.88. The number of hydrogen-bond acceptors (Lipinski definition) is 6. The highest BCUT2D eigenvalue weighted by Crippen LogP contribution is 2.38. The first kappa shape index (κ1) is 26.7. The van der Waals surface area contributed by atoms with Crippen LogP contribution in [0.5, 0.6) is 0 Å².